The summed E-state index contributed by atoms with van der Waals surface area (Å²) < 4.78 is 53.6. The normalized spacial score (nSPS) is 11.9. The monoisotopic (exact) mass is 394 g/mol. The summed E-state index contributed by atoms with van der Waals surface area (Å²) in [4.78, 5) is 23.4. The van der Waals surface area contributed by atoms with E-state index in [4.69, 9.17) is 0 Å². The molecule has 0 aliphatic heterocycles. The van der Waals surface area contributed by atoms with Crippen LogP contribution in [0.1, 0.15) is 25.0 Å². The van der Waals surface area contributed by atoms with E-state index in [0.717, 1.165) is 36.4 Å². The van der Waals surface area contributed by atoms with Gasteiger partial charge in [0.05, 0.1) is 11.4 Å². The minimum absolute atomic E-state index is 0.0836. The Balaban J connectivity index is 2.03. The first-order valence-corrected chi connectivity index (χ1v) is 7.78. The van der Waals surface area contributed by atoms with E-state index in [9.17, 15) is 27.2 Å². The van der Waals surface area contributed by atoms with Crippen molar-refractivity contribution in [3.05, 3.63) is 70.8 Å². The second-order valence-electron chi connectivity index (χ2n) is 5.52. The van der Waals surface area contributed by atoms with Crippen molar-refractivity contribution in [1.82, 2.24) is 10.9 Å². The molecular weight excluding hydrogens is 380 g/mol. The maximum absolute atomic E-state index is 13.6. The zero-order chi connectivity index (χ0) is 20.8. The Kier molecular flexibility index (Phi) is 6.59. The number of hydrazone groups is 2. The SMILES string of the molecule is C/C(=N/NC(=O)C(=O)N/N=C(/C)c1cc(F)ccc1F)c1cc(F)ccc1F. The topological polar surface area (TPSA) is 82.9 Å². The van der Waals surface area contributed by atoms with Gasteiger partial charge in [0.25, 0.3) is 0 Å². The molecule has 0 fully saturated rings. The molecule has 146 valence electrons. The van der Waals surface area contributed by atoms with Gasteiger partial charge in [0.1, 0.15) is 23.3 Å². The van der Waals surface area contributed by atoms with Crippen molar-refractivity contribution in [1.29, 1.82) is 0 Å². The van der Waals surface area contributed by atoms with Crippen molar-refractivity contribution in [3.8, 4) is 0 Å². The third kappa shape index (κ3) is 5.22. The summed E-state index contributed by atoms with van der Waals surface area (Å²) in [5.74, 6) is -5.45. The van der Waals surface area contributed by atoms with E-state index in [-0.39, 0.29) is 22.6 Å². The first-order valence-electron chi connectivity index (χ1n) is 7.78. The van der Waals surface area contributed by atoms with Gasteiger partial charge in [-0.2, -0.15) is 10.2 Å². The van der Waals surface area contributed by atoms with Crippen LogP contribution in [0.15, 0.2) is 46.6 Å². The summed E-state index contributed by atoms with van der Waals surface area (Å²) in [7, 11) is 0. The number of benzene rings is 2. The number of nitrogens with one attached hydrogen (secondary N) is 2. The van der Waals surface area contributed by atoms with Gasteiger partial charge in [-0.3, -0.25) is 9.59 Å². The van der Waals surface area contributed by atoms with Crippen LogP contribution in [0.5, 0.6) is 0 Å². The van der Waals surface area contributed by atoms with Gasteiger partial charge >= 0.3 is 11.8 Å². The van der Waals surface area contributed by atoms with Crippen molar-refractivity contribution in [2.45, 2.75) is 13.8 Å². The molecule has 0 heterocycles. The van der Waals surface area contributed by atoms with Crippen LogP contribution < -0.4 is 10.9 Å². The number of carbonyl (C=O) groups is 2. The zero-order valence-corrected chi connectivity index (χ0v) is 14.7. The van der Waals surface area contributed by atoms with E-state index >= 15 is 0 Å². The number of rotatable bonds is 4. The Bertz CT molecular complexity index is 910. The molecule has 0 radical (unpaired) electrons. The molecule has 2 aromatic rings. The lowest BCUT2D eigenvalue weighted by atomic mass is 10.1. The highest BCUT2D eigenvalue weighted by Crippen LogP contribution is 2.11. The van der Waals surface area contributed by atoms with Gasteiger partial charge in [-0.25, -0.2) is 28.4 Å². The molecule has 28 heavy (non-hydrogen) atoms. The van der Waals surface area contributed by atoms with Gasteiger partial charge < -0.3 is 0 Å². The molecule has 0 aliphatic carbocycles. The number of nitrogens with zero attached hydrogens (tertiary/aromatic N) is 2. The van der Waals surface area contributed by atoms with Crippen molar-refractivity contribution >= 4 is 23.2 Å². The summed E-state index contributed by atoms with van der Waals surface area (Å²) in [5, 5.41) is 7.04. The second kappa shape index (κ2) is 8.89. The van der Waals surface area contributed by atoms with Crippen molar-refractivity contribution < 1.29 is 27.2 Å². The minimum Gasteiger partial charge on any atom is -0.262 e. The van der Waals surface area contributed by atoms with Crippen molar-refractivity contribution in [2.75, 3.05) is 0 Å². The maximum atomic E-state index is 13.6. The molecule has 2 rings (SSSR count). The summed E-state index contributed by atoms with van der Waals surface area (Å²) in [6.07, 6.45) is 0. The molecule has 2 aromatic carbocycles. The van der Waals surface area contributed by atoms with Crippen LogP contribution in [0.3, 0.4) is 0 Å². The fraction of sp³-hybridized carbons (Fsp3) is 0.111. The van der Waals surface area contributed by atoms with Gasteiger partial charge in [0, 0.05) is 11.1 Å². The molecule has 0 saturated carbocycles. The first-order chi connectivity index (χ1) is 13.2. The minimum atomic E-state index is -1.26. The third-order valence-electron chi connectivity index (χ3n) is 3.49. The lowest BCUT2D eigenvalue weighted by molar-refractivity contribution is -0.139. The highest BCUT2D eigenvalue weighted by molar-refractivity contribution is 6.35. The molecule has 0 spiro atoms. The number of hydrogen-bond acceptors (Lipinski definition) is 4. The van der Waals surface area contributed by atoms with E-state index in [1.165, 1.54) is 13.8 Å². The third-order valence-corrected chi connectivity index (χ3v) is 3.49. The van der Waals surface area contributed by atoms with Crippen LogP contribution in [0, 0.1) is 23.3 Å². The van der Waals surface area contributed by atoms with Gasteiger partial charge in [-0.05, 0) is 50.2 Å². The molecular formula is C18H14F4N4O2. The van der Waals surface area contributed by atoms with Crippen molar-refractivity contribution in [2.24, 2.45) is 10.2 Å². The Morgan fingerprint density at radius 1 is 0.714 bits per heavy atom. The maximum Gasteiger partial charge on any atom is 0.331 e. The zero-order valence-electron chi connectivity index (χ0n) is 14.7. The predicted octanol–water partition coefficient (Wildman–Crippen LogP) is 2.62. The van der Waals surface area contributed by atoms with Crippen LogP contribution in [-0.2, 0) is 9.59 Å². The fourth-order valence-corrected chi connectivity index (χ4v) is 2.04. The summed E-state index contributed by atoms with van der Waals surface area (Å²) in [5.41, 5.74) is 3.15. The summed E-state index contributed by atoms with van der Waals surface area (Å²) in [6.45, 7) is 2.59. The highest BCUT2D eigenvalue weighted by atomic mass is 19.1. The summed E-state index contributed by atoms with van der Waals surface area (Å²) in [6, 6.07) is 5.37. The molecule has 0 aliphatic rings. The standard InChI is InChI=1S/C18H14F4N4O2/c1-9(13-7-11(19)3-5-15(13)21)23-25-17(27)18(28)26-24-10(2)14-8-12(20)4-6-16(14)22/h3-8H,1-2H3,(H,25,27)(H,26,28)/b23-9-,24-10-. The van der Waals surface area contributed by atoms with Crippen LogP contribution in [0.25, 0.3) is 0 Å². The molecule has 0 unspecified atom stereocenters. The van der Waals surface area contributed by atoms with Crippen LogP contribution in [0.2, 0.25) is 0 Å². The second-order valence-corrected chi connectivity index (χ2v) is 5.52. The van der Waals surface area contributed by atoms with Crippen LogP contribution >= 0.6 is 0 Å². The molecule has 0 atom stereocenters. The Hall–Kier alpha value is -3.56. The number of halogens is 4. The largest absolute Gasteiger partial charge is 0.331 e. The van der Waals surface area contributed by atoms with E-state index in [0.29, 0.717) is 0 Å². The number of hydrogen-bond donors (Lipinski definition) is 2. The molecule has 0 bridgehead atoms. The lowest BCUT2D eigenvalue weighted by Crippen LogP contribution is -2.36. The van der Waals surface area contributed by atoms with Gasteiger partial charge in [-0.1, -0.05) is 0 Å². The predicted molar refractivity (Wildman–Crippen MR) is 93.4 cm³/mol. The molecule has 2 N–H and O–H groups in total. The molecule has 0 aromatic heterocycles. The number of amides is 2. The molecule has 2 amide bonds. The molecule has 10 heteroatoms. The van der Waals surface area contributed by atoms with Crippen LogP contribution in [0.4, 0.5) is 17.6 Å². The van der Waals surface area contributed by atoms with Gasteiger partial charge in [-0.15, -0.1) is 0 Å². The van der Waals surface area contributed by atoms with E-state index in [2.05, 4.69) is 10.2 Å². The molecule has 6 nitrogen and oxygen atoms in total. The van der Waals surface area contributed by atoms with Crippen molar-refractivity contribution in [3.63, 3.8) is 0 Å². The Labute approximate surface area is 156 Å². The smallest absolute Gasteiger partial charge is 0.262 e. The van der Waals surface area contributed by atoms with Crippen LogP contribution in [-0.4, -0.2) is 23.2 Å². The summed E-state index contributed by atoms with van der Waals surface area (Å²) >= 11 is 0. The van der Waals surface area contributed by atoms with Gasteiger partial charge in [0.2, 0.25) is 0 Å². The number of carbonyl (C=O) groups excluding carboxylic acids is 2. The average molecular weight is 394 g/mol. The van der Waals surface area contributed by atoms with E-state index in [1.807, 2.05) is 10.9 Å². The highest BCUT2D eigenvalue weighted by Gasteiger charge is 2.14. The quantitative estimate of drug-likeness (QED) is 0.362. The average Bonchev–Trinajstić information content (AvgIpc) is 2.67. The Morgan fingerprint density at radius 2 is 1.07 bits per heavy atom. The molecule has 0 saturated heterocycles. The Morgan fingerprint density at radius 3 is 1.43 bits per heavy atom. The van der Waals surface area contributed by atoms with E-state index < -0.39 is 35.1 Å². The van der Waals surface area contributed by atoms with E-state index in [1.54, 1.807) is 0 Å². The lowest BCUT2D eigenvalue weighted by Gasteiger charge is -2.05. The van der Waals surface area contributed by atoms with Gasteiger partial charge in [0.15, 0.2) is 0 Å². The first kappa shape index (κ1) is 20.7. The fourth-order valence-electron chi connectivity index (χ4n) is 2.04.